The van der Waals surface area contributed by atoms with Gasteiger partial charge >= 0.3 is 11.8 Å². The summed E-state index contributed by atoms with van der Waals surface area (Å²) in [5.41, 5.74) is 1.77. The number of carbonyl (C=O) groups excluding carboxylic acids is 2. The lowest BCUT2D eigenvalue weighted by atomic mass is 10.2. The number of carbonyl (C=O) groups is 2. The maximum Gasteiger partial charge on any atom is 0.313 e. The van der Waals surface area contributed by atoms with Gasteiger partial charge in [-0.25, -0.2) is 0 Å². The molecule has 0 aliphatic rings. The third kappa shape index (κ3) is 5.94. The van der Waals surface area contributed by atoms with Crippen LogP contribution in [0.3, 0.4) is 0 Å². The van der Waals surface area contributed by atoms with Crippen molar-refractivity contribution in [2.75, 3.05) is 18.1 Å². The van der Waals surface area contributed by atoms with Gasteiger partial charge < -0.3 is 10.6 Å². The highest BCUT2D eigenvalue weighted by molar-refractivity contribution is 9.11. The van der Waals surface area contributed by atoms with Gasteiger partial charge in [-0.2, -0.15) is 11.8 Å². The van der Waals surface area contributed by atoms with E-state index in [9.17, 15) is 9.59 Å². The number of hydrogen-bond donors (Lipinski definition) is 2. The molecule has 4 nitrogen and oxygen atoms in total. The number of anilines is 1. The largest absolute Gasteiger partial charge is 0.343 e. The summed E-state index contributed by atoms with van der Waals surface area (Å²) in [7, 11) is 0. The Bertz CT molecular complexity index is 474. The molecule has 1 aromatic rings. The zero-order valence-electron chi connectivity index (χ0n) is 10.5. The van der Waals surface area contributed by atoms with Crippen LogP contribution >= 0.6 is 27.7 Å². The fourth-order valence-corrected chi connectivity index (χ4v) is 1.96. The molecule has 0 aliphatic heterocycles. The molecule has 1 rings (SSSR count). The smallest absolute Gasteiger partial charge is 0.313 e. The lowest BCUT2D eigenvalue weighted by molar-refractivity contribution is -0.136. The first-order valence-corrected chi connectivity index (χ1v) is 7.72. The Morgan fingerprint density at radius 3 is 2.42 bits per heavy atom. The van der Waals surface area contributed by atoms with Crippen molar-refractivity contribution >= 4 is 45.2 Å². The molecule has 1 aromatic carbocycles. The number of benzene rings is 1. The Balaban J connectivity index is 2.51. The van der Waals surface area contributed by atoms with Crippen LogP contribution < -0.4 is 10.6 Å². The molecule has 0 fully saturated rings. The summed E-state index contributed by atoms with van der Waals surface area (Å²) in [6, 6.07) is 7.40. The minimum Gasteiger partial charge on any atom is -0.343 e. The van der Waals surface area contributed by atoms with E-state index in [0.29, 0.717) is 10.2 Å². The fourth-order valence-electron chi connectivity index (χ4n) is 1.30. The van der Waals surface area contributed by atoms with E-state index in [2.05, 4.69) is 33.1 Å². The number of halogens is 1. The first-order chi connectivity index (χ1) is 9.02. The van der Waals surface area contributed by atoms with E-state index in [-0.39, 0.29) is 6.54 Å². The molecule has 2 amide bonds. The van der Waals surface area contributed by atoms with E-state index >= 15 is 0 Å². The topological polar surface area (TPSA) is 58.2 Å². The summed E-state index contributed by atoms with van der Waals surface area (Å²) in [6.45, 7) is 3.79. The van der Waals surface area contributed by atoms with Crippen molar-refractivity contribution < 1.29 is 9.59 Å². The molecule has 0 aromatic heterocycles. The molecule has 0 unspecified atom stereocenters. The molecule has 2 N–H and O–H groups in total. The van der Waals surface area contributed by atoms with E-state index in [1.54, 1.807) is 23.9 Å². The summed E-state index contributed by atoms with van der Waals surface area (Å²) in [5.74, 6) is -0.456. The molecule has 0 heterocycles. The van der Waals surface area contributed by atoms with Gasteiger partial charge in [-0.1, -0.05) is 34.6 Å². The van der Waals surface area contributed by atoms with Crippen molar-refractivity contribution in [1.82, 2.24) is 5.32 Å². The molecule has 0 radical (unpaired) electrons. The lowest BCUT2D eigenvalue weighted by Gasteiger charge is -2.06. The number of nitrogens with one attached hydrogen (secondary N) is 2. The maximum absolute atomic E-state index is 11.6. The van der Waals surface area contributed by atoms with Crippen molar-refractivity contribution in [1.29, 1.82) is 0 Å². The SMILES string of the molecule is C=C(Br)CNC(=O)C(=O)Nc1ccc(CSC)cc1. The van der Waals surface area contributed by atoms with Gasteiger partial charge in [0.05, 0.1) is 0 Å². The maximum atomic E-state index is 11.6. The summed E-state index contributed by atoms with van der Waals surface area (Å²) >= 11 is 4.82. The molecular weight excluding hydrogens is 328 g/mol. The second-order valence-corrected chi connectivity index (χ2v) is 5.77. The Kier molecular flexibility index (Phi) is 6.66. The molecule has 0 spiro atoms. The molecular formula is C13H15BrN2O2S. The fraction of sp³-hybridized carbons (Fsp3) is 0.231. The first-order valence-electron chi connectivity index (χ1n) is 5.53. The second kappa shape index (κ2) is 8.01. The quantitative estimate of drug-likeness (QED) is 0.808. The van der Waals surface area contributed by atoms with Crippen molar-refractivity contribution in [3.63, 3.8) is 0 Å². The van der Waals surface area contributed by atoms with Crippen LogP contribution in [0.15, 0.2) is 35.3 Å². The molecule has 6 heteroatoms. The van der Waals surface area contributed by atoms with E-state index < -0.39 is 11.8 Å². The number of rotatable bonds is 5. The monoisotopic (exact) mass is 342 g/mol. The van der Waals surface area contributed by atoms with Gasteiger partial charge in [-0.05, 0) is 24.0 Å². The third-order valence-corrected chi connectivity index (χ3v) is 3.07. The van der Waals surface area contributed by atoms with Gasteiger partial charge in [0.15, 0.2) is 0 Å². The van der Waals surface area contributed by atoms with E-state index in [0.717, 1.165) is 5.75 Å². The van der Waals surface area contributed by atoms with E-state index in [1.165, 1.54) is 5.56 Å². The van der Waals surface area contributed by atoms with Crippen LogP contribution in [0.25, 0.3) is 0 Å². The lowest BCUT2D eigenvalue weighted by Crippen LogP contribution is -2.35. The second-order valence-electron chi connectivity index (χ2n) is 3.78. The molecule has 102 valence electrons. The predicted molar refractivity (Wildman–Crippen MR) is 83.4 cm³/mol. The summed E-state index contributed by atoms with van der Waals surface area (Å²) in [6.07, 6.45) is 2.03. The van der Waals surface area contributed by atoms with Gasteiger partial charge in [0.1, 0.15) is 0 Å². The Morgan fingerprint density at radius 2 is 1.89 bits per heavy atom. The van der Waals surface area contributed by atoms with Crippen LogP contribution in [-0.2, 0) is 15.3 Å². The highest BCUT2D eigenvalue weighted by atomic mass is 79.9. The molecule has 0 bridgehead atoms. The predicted octanol–water partition coefficient (Wildman–Crippen LogP) is 2.51. The summed E-state index contributed by atoms with van der Waals surface area (Å²) in [4.78, 5) is 23.0. The van der Waals surface area contributed by atoms with Crippen LogP contribution in [0.4, 0.5) is 5.69 Å². The van der Waals surface area contributed by atoms with Crippen LogP contribution in [0.1, 0.15) is 5.56 Å². The van der Waals surface area contributed by atoms with Crippen molar-refractivity contribution in [3.8, 4) is 0 Å². The standard InChI is InChI=1S/C13H15BrN2O2S/c1-9(14)7-15-12(17)13(18)16-11-5-3-10(4-6-11)8-19-2/h3-6H,1,7-8H2,2H3,(H,15,17)(H,16,18). The Labute approximate surface area is 125 Å². The average Bonchev–Trinajstić information content (AvgIpc) is 2.38. The Hall–Kier alpha value is -1.27. The van der Waals surface area contributed by atoms with Crippen molar-refractivity contribution in [2.45, 2.75) is 5.75 Å². The molecule has 0 aliphatic carbocycles. The average molecular weight is 343 g/mol. The minimum absolute atomic E-state index is 0.221. The first kappa shape index (κ1) is 15.8. The number of thioether (sulfide) groups is 1. The van der Waals surface area contributed by atoms with Crippen LogP contribution in [-0.4, -0.2) is 24.6 Å². The van der Waals surface area contributed by atoms with Crippen molar-refractivity contribution in [3.05, 3.63) is 40.9 Å². The summed E-state index contributed by atoms with van der Waals surface area (Å²) in [5, 5.41) is 4.97. The number of amides is 2. The third-order valence-electron chi connectivity index (χ3n) is 2.17. The summed E-state index contributed by atoms with van der Waals surface area (Å²) < 4.78 is 0.607. The van der Waals surface area contributed by atoms with Gasteiger partial charge in [0.25, 0.3) is 0 Å². The van der Waals surface area contributed by atoms with Crippen LogP contribution in [0.5, 0.6) is 0 Å². The van der Waals surface area contributed by atoms with E-state index in [1.807, 2.05) is 18.4 Å². The highest BCUT2D eigenvalue weighted by Crippen LogP contribution is 2.13. The van der Waals surface area contributed by atoms with Gasteiger partial charge in [0.2, 0.25) is 0 Å². The van der Waals surface area contributed by atoms with Crippen LogP contribution in [0.2, 0.25) is 0 Å². The van der Waals surface area contributed by atoms with E-state index in [4.69, 9.17) is 0 Å². The molecule has 19 heavy (non-hydrogen) atoms. The highest BCUT2D eigenvalue weighted by Gasteiger charge is 2.12. The molecule has 0 atom stereocenters. The van der Waals surface area contributed by atoms with Gasteiger partial charge in [0, 0.05) is 22.5 Å². The normalized spacial score (nSPS) is 9.79. The number of hydrogen-bond acceptors (Lipinski definition) is 3. The zero-order valence-corrected chi connectivity index (χ0v) is 12.9. The molecule has 0 saturated heterocycles. The van der Waals surface area contributed by atoms with Crippen molar-refractivity contribution in [2.24, 2.45) is 0 Å². The Morgan fingerprint density at radius 1 is 1.26 bits per heavy atom. The van der Waals surface area contributed by atoms with Gasteiger partial charge in [-0.3, -0.25) is 9.59 Å². The van der Waals surface area contributed by atoms with Crippen LogP contribution in [0, 0.1) is 0 Å². The minimum atomic E-state index is -0.689. The molecule has 0 saturated carbocycles. The zero-order chi connectivity index (χ0) is 14.3. The van der Waals surface area contributed by atoms with Gasteiger partial charge in [-0.15, -0.1) is 0 Å².